The molecule has 1 aromatic carbocycles. The molecule has 1 aromatic heterocycles. The average Bonchev–Trinajstić information content (AvgIpc) is 2.86. The zero-order valence-corrected chi connectivity index (χ0v) is 12.2. The van der Waals surface area contributed by atoms with E-state index in [1.54, 1.807) is 25.3 Å². The summed E-state index contributed by atoms with van der Waals surface area (Å²) in [6.45, 7) is 0. The first-order valence-corrected chi connectivity index (χ1v) is 6.41. The zero-order valence-electron chi connectivity index (χ0n) is 10.6. The van der Waals surface area contributed by atoms with E-state index in [4.69, 9.17) is 26.5 Å². The number of nitrogens with two attached hydrogens (primary N) is 1. The summed E-state index contributed by atoms with van der Waals surface area (Å²) < 4.78 is 10.7. The van der Waals surface area contributed by atoms with Crippen molar-refractivity contribution >= 4 is 35.1 Å². The van der Waals surface area contributed by atoms with Gasteiger partial charge < -0.3 is 14.9 Å². The van der Waals surface area contributed by atoms with Crippen molar-refractivity contribution in [2.24, 2.45) is 10.8 Å². The summed E-state index contributed by atoms with van der Waals surface area (Å²) in [5.74, 6) is 1.87. The van der Waals surface area contributed by atoms with Crippen LogP contribution in [0, 0.1) is 0 Å². The van der Waals surface area contributed by atoms with Crippen molar-refractivity contribution < 1.29 is 9.15 Å². The van der Waals surface area contributed by atoms with Crippen LogP contribution in [0.5, 0.6) is 5.75 Å². The molecule has 3 N–H and O–H groups in total. The van der Waals surface area contributed by atoms with Gasteiger partial charge in [-0.3, -0.25) is 5.43 Å². The van der Waals surface area contributed by atoms with Crippen LogP contribution < -0.4 is 15.9 Å². The third-order valence-electron chi connectivity index (χ3n) is 2.44. The van der Waals surface area contributed by atoms with E-state index in [-0.39, 0.29) is 5.11 Å². The minimum Gasteiger partial charge on any atom is -0.497 e. The Hall–Kier alpha value is -2.05. The molecule has 0 amide bonds. The quantitative estimate of drug-likeness (QED) is 0.516. The van der Waals surface area contributed by atoms with E-state index in [0.29, 0.717) is 22.3 Å². The molecule has 0 aliphatic heterocycles. The number of ether oxygens (including phenoxy) is 1. The number of nitrogens with zero attached hydrogens (tertiary/aromatic N) is 1. The molecule has 0 fully saturated rings. The number of furan rings is 1. The maximum absolute atomic E-state index is 6.18. The Kier molecular flexibility index (Phi) is 4.60. The minimum atomic E-state index is 0.0891. The van der Waals surface area contributed by atoms with Crippen LogP contribution in [0.3, 0.4) is 0 Å². The number of rotatable bonds is 4. The Morgan fingerprint density at radius 3 is 2.90 bits per heavy atom. The lowest BCUT2D eigenvalue weighted by Gasteiger charge is -2.03. The van der Waals surface area contributed by atoms with Gasteiger partial charge in [-0.05, 0) is 42.5 Å². The van der Waals surface area contributed by atoms with Crippen LogP contribution >= 0.6 is 23.8 Å². The van der Waals surface area contributed by atoms with Gasteiger partial charge in [0.1, 0.15) is 17.3 Å². The van der Waals surface area contributed by atoms with Crippen molar-refractivity contribution in [3.05, 3.63) is 41.1 Å². The first-order valence-electron chi connectivity index (χ1n) is 5.62. The van der Waals surface area contributed by atoms with Crippen LogP contribution in [0.2, 0.25) is 5.02 Å². The Morgan fingerprint density at radius 1 is 1.45 bits per heavy atom. The van der Waals surface area contributed by atoms with Gasteiger partial charge in [0.25, 0.3) is 0 Å². The summed E-state index contributed by atoms with van der Waals surface area (Å²) in [5.41, 5.74) is 8.46. The van der Waals surface area contributed by atoms with Gasteiger partial charge in [0.15, 0.2) is 5.11 Å². The fraction of sp³-hybridized carbons (Fsp3) is 0.0769. The third-order valence-corrected chi connectivity index (χ3v) is 2.84. The van der Waals surface area contributed by atoms with Gasteiger partial charge in [-0.1, -0.05) is 11.6 Å². The Bertz CT molecular complexity index is 655. The number of thiocarbonyl (C=S) groups is 1. The van der Waals surface area contributed by atoms with E-state index in [0.717, 1.165) is 5.56 Å². The standard InChI is InChI=1S/C13H12ClN3O2S/c1-18-8-2-4-10(11(14)6-8)12-5-3-9(19-12)7-16-17-13(15)20/h2-7H,1H3,(H3,15,17,20)/b16-7+. The lowest BCUT2D eigenvalue weighted by Crippen LogP contribution is -2.23. The highest BCUT2D eigenvalue weighted by atomic mass is 35.5. The predicted molar refractivity (Wildman–Crippen MR) is 83.2 cm³/mol. The second-order valence-electron chi connectivity index (χ2n) is 3.78. The number of hydrogen-bond acceptors (Lipinski definition) is 4. The monoisotopic (exact) mass is 309 g/mol. The van der Waals surface area contributed by atoms with Crippen LogP contribution in [0.25, 0.3) is 11.3 Å². The molecule has 0 spiro atoms. The van der Waals surface area contributed by atoms with Crippen molar-refractivity contribution in [2.75, 3.05) is 7.11 Å². The molecule has 2 aromatic rings. The van der Waals surface area contributed by atoms with Gasteiger partial charge in [-0.15, -0.1) is 0 Å². The van der Waals surface area contributed by atoms with Crippen LogP contribution in [0.4, 0.5) is 0 Å². The number of nitrogens with one attached hydrogen (secondary N) is 1. The highest BCUT2D eigenvalue weighted by Crippen LogP contribution is 2.31. The van der Waals surface area contributed by atoms with Gasteiger partial charge in [-0.2, -0.15) is 5.10 Å². The van der Waals surface area contributed by atoms with Crippen LogP contribution in [-0.2, 0) is 0 Å². The van der Waals surface area contributed by atoms with E-state index in [1.807, 2.05) is 12.1 Å². The van der Waals surface area contributed by atoms with E-state index >= 15 is 0 Å². The smallest absolute Gasteiger partial charge is 0.184 e. The maximum Gasteiger partial charge on any atom is 0.184 e. The molecule has 20 heavy (non-hydrogen) atoms. The Morgan fingerprint density at radius 2 is 2.25 bits per heavy atom. The minimum absolute atomic E-state index is 0.0891. The molecule has 7 heteroatoms. The zero-order chi connectivity index (χ0) is 14.5. The highest BCUT2D eigenvalue weighted by Gasteiger charge is 2.09. The molecule has 0 saturated heterocycles. The van der Waals surface area contributed by atoms with Crippen molar-refractivity contribution in [1.29, 1.82) is 0 Å². The molecule has 5 nitrogen and oxygen atoms in total. The van der Waals surface area contributed by atoms with E-state index in [1.165, 1.54) is 6.21 Å². The molecule has 0 aliphatic rings. The summed E-state index contributed by atoms with van der Waals surface area (Å²) in [5, 5.41) is 4.44. The van der Waals surface area contributed by atoms with Crippen LogP contribution in [0.1, 0.15) is 5.76 Å². The predicted octanol–water partition coefficient (Wildman–Crippen LogP) is 2.78. The normalized spacial score (nSPS) is 10.7. The summed E-state index contributed by atoms with van der Waals surface area (Å²) in [4.78, 5) is 0. The van der Waals surface area contributed by atoms with Crippen LogP contribution in [-0.4, -0.2) is 18.4 Å². The molecule has 0 aliphatic carbocycles. The first-order chi connectivity index (χ1) is 9.60. The van der Waals surface area contributed by atoms with E-state index in [2.05, 4.69) is 22.7 Å². The second-order valence-corrected chi connectivity index (χ2v) is 4.63. The number of benzene rings is 1. The van der Waals surface area contributed by atoms with E-state index < -0.39 is 0 Å². The third kappa shape index (κ3) is 3.49. The van der Waals surface area contributed by atoms with Gasteiger partial charge in [0.2, 0.25) is 0 Å². The highest BCUT2D eigenvalue weighted by molar-refractivity contribution is 7.80. The molecule has 0 atom stereocenters. The molecule has 0 bridgehead atoms. The molecule has 0 saturated carbocycles. The summed E-state index contributed by atoms with van der Waals surface area (Å²) >= 11 is 10.8. The number of methoxy groups -OCH3 is 1. The average molecular weight is 310 g/mol. The molecule has 2 rings (SSSR count). The van der Waals surface area contributed by atoms with Crippen molar-refractivity contribution in [3.8, 4) is 17.1 Å². The van der Waals surface area contributed by atoms with Crippen molar-refractivity contribution in [2.45, 2.75) is 0 Å². The Balaban J connectivity index is 2.20. The Labute approximate surface area is 126 Å². The molecular weight excluding hydrogens is 298 g/mol. The molecule has 1 heterocycles. The van der Waals surface area contributed by atoms with E-state index in [9.17, 15) is 0 Å². The summed E-state index contributed by atoms with van der Waals surface area (Å²) in [6.07, 6.45) is 1.47. The molecule has 104 valence electrons. The van der Waals surface area contributed by atoms with Crippen LogP contribution in [0.15, 0.2) is 39.9 Å². The fourth-order valence-electron chi connectivity index (χ4n) is 1.55. The van der Waals surface area contributed by atoms with Gasteiger partial charge in [0.05, 0.1) is 18.3 Å². The second kappa shape index (κ2) is 6.40. The summed E-state index contributed by atoms with van der Waals surface area (Å²) in [6, 6.07) is 8.93. The van der Waals surface area contributed by atoms with Gasteiger partial charge in [-0.25, -0.2) is 0 Å². The van der Waals surface area contributed by atoms with Gasteiger partial charge in [0, 0.05) is 5.56 Å². The lowest BCUT2D eigenvalue weighted by atomic mass is 10.1. The number of hydrogen-bond donors (Lipinski definition) is 2. The molecule has 0 radical (unpaired) electrons. The lowest BCUT2D eigenvalue weighted by molar-refractivity contribution is 0.415. The fourth-order valence-corrected chi connectivity index (χ4v) is 1.87. The summed E-state index contributed by atoms with van der Waals surface area (Å²) in [7, 11) is 1.58. The largest absolute Gasteiger partial charge is 0.497 e. The topological polar surface area (TPSA) is 72.8 Å². The first kappa shape index (κ1) is 14.4. The molecule has 0 unspecified atom stereocenters. The van der Waals surface area contributed by atoms with Crippen molar-refractivity contribution in [1.82, 2.24) is 5.43 Å². The number of halogens is 1. The number of hydrazone groups is 1. The van der Waals surface area contributed by atoms with Gasteiger partial charge >= 0.3 is 0 Å². The molecular formula is C13H12ClN3O2S. The SMILES string of the molecule is COc1ccc(-c2ccc(/C=N/NC(N)=S)o2)c(Cl)c1. The maximum atomic E-state index is 6.18. The van der Waals surface area contributed by atoms with Crippen molar-refractivity contribution in [3.63, 3.8) is 0 Å².